The van der Waals surface area contributed by atoms with E-state index in [9.17, 15) is 34.8 Å². The van der Waals surface area contributed by atoms with Crippen molar-refractivity contribution in [2.45, 2.75) is 92.8 Å². The Labute approximate surface area is 245 Å². The average Bonchev–Trinajstić information content (AvgIpc) is 3.36. The molecule has 2 aromatic carbocycles. The Morgan fingerprint density at radius 3 is 2.38 bits per heavy atom. The van der Waals surface area contributed by atoms with E-state index in [4.69, 9.17) is 9.47 Å². The highest BCUT2D eigenvalue weighted by Crippen LogP contribution is 2.47. The summed E-state index contributed by atoms with van der Waals surface area (Å²) in [5, 5.41) is -2.34. The number of halogens is 3. The third-order valence-corrected chi connectivity index (χ3v) is 12.2. The van der Waals surface area contributed by atoms with Gasteiger partial charge in [0.2, 0.25) is 10.0 Å². The summed E-state index contributed by atoms with van der Waals surface area (Å²) in [4.78, 5) is 11.7. The van der Waals surface area contributed by atoms with Gasteiger partial charge in [-0.3, -0.25) is 0 Å². The lowest BCUT2D eigenvalue weighted by molar-refractivity contribution is -0.157. The number of ether oxygens (including phenoxy) is 2. The number of fused-ring (bicyclic) bond motifs is 2. The summed E-state index contributed by atoms with van der Waals surface area (Å²) in [6, 6.07) is 9.00. The maximum absolute atomic E-state index is 14.4. The molecule has 42 heavy (non-hydrogen) atoms. The molecule has 2 saturated heterocycles. The average molecular weight is 632 g/mol. The number of carbonyl (C=O) groups is 1. The molecule has 1 saturated carbocycles. The van der Waals surface area contributed by atoms with Crippen molar-refractivity contribution in [2.75, 3.05) is 13.7 Å². The number of sulfonamides is 1. The molecule has 0 N–H and O–H groups in total. The van der Waals surface area contributed by atoms with Crippen molar-refractivity contribution < 1.29 is 44.3 Å². The molecular formula is C29H36F3NO7S2. The number of nitrogens with zero attached hydrogens (tertiary/aromatic N) is 1. The summed E-state index contributed by atoms with van der Waals surface area (Å²) < 4.78 is 99.6. The van der Waals surface area contributed by atoms with E-state index in [1.165, 1.54) is 23.5 Å². The molecule has 2 aliphatic heterocycles. The van der Waals surface area contributed by atoms with Gasteiger partial charge in [-0.05, 0) is 88.3 Å². The fourth-order valence-electron chi connectivity index (χ4n) is 5.65. The zero-order valence-electron chi connectivity index (χ0n) is 24.1. The van der Waals surface area contributed by atoms with Crippen LogP contribution in [0.5, 0.6) is 5.75 Å². The van der Waals surface area contributed by atoms with Gasteiger partial charge >= 0.3 is 5.97 Å². The molecule has 0 radical (unpaired) electrons. The van der Waals surface area contributed by atoms with Crippen LogP contribution in [0.3, 0.4) is 0 Å². The van der Waals surface area contributed by atoms with Crippen molar-refractivity contribution in [1.29, 1.82) is 0 Å². The second-order valence-corrected chi connectivity index (χ2v) is 16.1. The van der Waals surface area contributed by atoms with E-state index in [2.05, 4.69) is 0 Å². The minimum atomic E-state index is -4.05. The van der Waals surface area contributed by atoms with Crippen LogP contribution in [0.2, 0.25) is 0 Å². The maximum atomic E-state index is 14.4. The minimum absolute atomic E-state index is 0.131. The molecule has 0 spiro atoms. The van der Waals surface area contributed by atoms with Gasteiger partial charge in [0, 0.05) is 7.05 Å². The first-order valence-electron chi connectivity index (χ1n) is 13.7. The molecule has 2 heterocycles. The lowest BCUT2D eigenvalue weighted by Gasteiger charge is -2.33. The van der Waals surface area contributed by atoms with Crippen LogP contribution >= 0.6 is 0 Å². The first-order valence-corrected chi connectivity index (χ1v) is 16.7. The van der Waals surface area contributed by atoms with E-state index in [1.54, 1.807) is 45.9 Å². The van der Waals surface area contributed by atoms with E-state index >= 15 is 0 Å². The minimum Gasteiger partial charge on any atom is -0.482 e. The smallest absolute Gasteiger partial charge is 0.344 e. The molecule has 6 rings (SSSR count). The van der Waals surface area contributed by atoms with Crippen molar-refractivity contribution in [3.63, 3.8) is 0 Å². The predicted molar refractivity (Wildman–Crippen MR) is 150 cm³/mol. The molecule has 2 aromatic rings. The van der Waals surface area contributed by atoms with E-state index < -0.39 is 66.1 Å². The Morgan fingerprint density at radius 1 is 1.14 bits per heavy atom. The highest BCUT2D eigenvalue weighted by Gasteiger charge is 2.67. The SMILES string of the molecule is Cc1ccc(F)c(S(=O)(=O)N(C)C2CCCc3c(OCC(=O)OC(C)(C)C)cccc32)c1.O=S1(=O)C2CC(F)C1C2F. The number of esters is 1. The fraction of sp³-hybridized carbons (Fsp3) is 0.552. The second kappa shape index (κ2) is 11.8. The van der Waals surface area contributed by atoms with Gasteiger partial charge in [0.05, 0.1) is 11.3 Å². The van der Waals surface area contributed by atoms with Gasteiger partial charge in [0.1, 0.15) is 39.7 Å². The summed E-state index contributed by atoms with van der Waals surface area (Å²) in [6.45, 7) is 6.84. The standard InChI is InChI=1S/C24H30FNO5S.C5H6F2O2S/c1-16-12-13-19(25)22(14-16)32(28,29)26(5)20-10-6-9-18-17(20)8-7-11-21(18)30-15-23(27)31-24(2,3)4;6-2-1-3-4(7)5(2)10(3,8)9/h7-8,11-14,20H,6,9-10,15H2,1-5H3;2-5H,1H2. The van der Waals surface area contributed by atoms with Gasteiger partial charge in [0.25, 0.3) is 0 Å². The van der Waals surface area contributed by atoms with Crippen LogP contribution in [0.1, 0.15) is 62.8 Å². The van der Waals surface area contributed by atoms with E-state index in [0.29, 0.717) is 24.2 Å². The van der Waals surface area contributed by atoms with Gasteiger partial charge in [-0.2, -0.15) is 4.31 Å². The van der Waals surface area contributed by atoms with Gasteiger partial charge in [0.15, 0.2) is 16.4 Å². The third kappa shape index (κ3) is 6.33. The Bertz CT molecular complexity index is 1550. The zero-order chi connectivity index (χ0) is 31.2. The molecule has 5 unspecified atom stereocenters. The Kier molecular flexibility index (Phi) is 9.07. The quantitative estimate of drug-likeness (QED) is 0.423. The highest BCUT2D eigenvalue weighted by molar-refractivity contribution is 7.94. The van der Waals surface area contributed by atoms with E-state index in [-0.39, 0.29) is 17.9 Å². The number of aryl methyl sites for hydroxylation is 1. The highest BCUT2D eigenvalue weighted by atomic mass is 32.2. The van der Waals surface area contributed by atoms with Crippen molar-refractivity contribution in [3.05, 3.63) is 58.9 Å². The number of hydrogen-bond donors (Lipinski definition) is 0. The molecule has 13 heteroatoms. The van der Waals surface area contributed by atoms with Crippen LogP contribution in [0, 0.1) is 12.7 Å². The monoisotopic (exact) mass is 631 g/mol. The van der Waals surface area contributed by atoms with Crippen LogP contribution < -0.4 is 4.74 Å². The van der Waals surface area contributed by atoms with E-state index in [1.807, 2.05) is 6.07 Å². The number of carbonyl (C=O) groups excluding carboxylic acids is 1. The Morgan fingerprint density at radius 2 is 1.83 bits per heavy atom. The van der Waals surface area contributed by atoms with Gasteiger partial charge in [-0.1, -0.05) is 18.2 Å². The predicted octanol–water partition coefficient (Wildman–Crippen LogP) is 4.78. The van der Waals surface area contributed by atoms with Gasteiger partial charge in [-0.25, -0.2) is 34.8 Å². The molecule has 4 aliphatic rings. The zero-order valence-corrected chi connectivity index (χ0v) is 25.8. The third-order valence-electron chi connectivity index (χ3n) is 7.67. The van der Waals surface area contributed by atoms with Crippen molar-refractivity contribution in [2.24, 2.45) is 0 Å². The summed E-state index contributed by atoms with van der Waals surface area (Å²) in [5.74, 6) is -0.712. The number of alkyl halides is 2. The summed E-state index contributed by atoms with van der Waals surface area (Å²) in [5.41, 5.74) is 1.72. The first kappa shape index (κ1) is 32.3. The molecule has 0 amide bonds. The lowest BCUT2D eigenvalue weighted by Crippen LogP contribution is -2.51. The number of sulfone groups is 1. The number of rotatable bonds is 6. The molecule has 2 aliphatic carbocycles. The molecule has 3 fully saturated rings. The number of benzene rings is 2. The Balaban J connectivity index is 0.000000337. The van der Waals surface area contributed by atoms with Crippen molar-refractivity contribution in [1.82, 2.24) is 4.31 Å². The summed E-state index contributed by atoms with van der Waals surface area (Å²) in [7, 11) is -5.95. The van der Waals surface area contributed by atoms with Crippen LogP contribution in [0.25, 0.3) is 0 Å². The van der Waals surface area contributed by atoms with Crippen LogP contribution in [0.15, 0.2) is 41.3 Å². The fourth-order valence-corrected chi connectivity index (χ4v) is 9.36. The molecule has 2 bridgehead atoms. The van der Waals surface area contributed by atoms with Crippen molar-refractivity contribution >= 4 is 25.8 Å². The Hall–Kier alpha value is -2.64. The van der Waals surface area contributed by atoms with Gasteiger partial charge < -0.3 is 9.47 Å². The maximum Gasteiger partial charge on any atom is 0.344 e. The van der Waals surface area contributed by atoms with Crippen molar-refractivity contribution in [3.8, 4) is 5.75 Å². The molecule has 8 nitrogen and oxygen atoms in total. The second-order valence-electron chi connectivity index (χ2n) is 11.9. The largest absolute Gasteiger partial charge is 0.482 e. The summed E-state index contributed by atoms with van der Waals surface area (Å²) in [6.07, 6.45) is -0.978. The molecule has 5 atom stereocenters. The number of hydrogen-bond acceptors (Lipinski definition) is 7. The topological polar surface area (TPSA) is 107 Å². The first-order chi connectivity index (χ1) is 19.4. The van der Waals surface area contributed by atoms with Crippen LogP contribution in [-0.4, -0.2) is 69.2 Å². The van der Waals surface area contributed by atoms with Crippen LogP contribution in [-0.2, 0) is 35.8 Å². The van der Waals surface area contributed by atoms with E-state index in [0.717, 1.165) is 17.5 Å². The normalized spacial score (nSPS) is 26.0. The van der Waals surface area contributed by atoms with Crippen LogP contribution in [0.4, 0.5) is 13.2 Å². The summed E-state index contributed by atoms with van der Waals surface area (Å²) >= 11 is 0. The molecule has 0 aromatic heterocycles. The lowest BCUT2D eigenvalue weighted by atomic mass is 9.87. The molecular weight excluding hydrogens is 595 g/mol. The van der Waals surface area contributed by atoms with Gasteiger partial charge in [-0.15, -0.1) is 0 Å². The molecule has 232 valence electrons.